The van der Waals surface area contributed by atoms with Crippen LogP contribution in [0, 0.1) is 30.1 Å². The Labute approximate surface area is 181 Å². The molecular weight excluding hydrogens is 424 g/mol. The molecule has 9 heteroatoms. The van der Waals surface area contributed by atoms with E-state index < -0.39 is 23.7 Å². The van der Waals surface area contributed by atoms with Crippen molar-refractivity contribution in [2.24, 2.45) is 11.3 Å². The number of fused-ring (bicyclic) bond motifs is 2. The maximum Gasteiger partial charge on any atom is 0.207 e. The Morgan fingerprint density at radius 2 is 2.17 bits per heavy atom. The van der Waals surface area contributed by atoms with Crippen LogP contribution in [0.3, 0.4) is 0 Å². The van der Waals surface area contributed by atoms with Crippen molar-refractivity contribution < 1.29 is 15.0 Å². The number of hydrogen-bond acceptors (Lipinski definition) is 7. The average Bonchev–Trinajstić information content (AvgIpc) is 2.98. The molecule has 0 aliphatic heterocycles. The first-order valence-electron chi connectivity index (χ1n) is 9.74. The van der Waals surface area contributed by atoms with E-state index in [0.717, 1.165) is 4.88 Å². The first-order valence-corrected chi connectivity index (χ1v) is 10.9. The predicted molar refractivity (Wildman–Crippen MR) is 112 cm³/mol. The first-order chi connectivity index (χ1) is 14.4. The van der Waals surface area contributed by atoms with E-state index in [1.807, 2.05) is 13.0 Å². The third kappa shape index (κ3) is 2.73. The summed E-state index contributed by atoms with van der Waals surface area (Å²) in [5, 5.41) is 21.4. The summed E-state index contributed by atoms with van der Waals surface area (Å²) >= 11 is 7.33. The zero-order chi connectivity index (χ0) is 21.2. The maximum atomic E-state index is 12.5. The summed E-state index contributed by atoms with van der Waals surface area (Å²) in [6.45, 7) is 3.62. The van der Waals surface area contributed by atoms with E-state index in [9.17, 15) is 15.0 Å². The highest BCUT2D eigenvalue weighted by atomic mass is 35.5. The lowest BCUT2D eigenvalue weighted by molar-refractivity contribution is -0.130. The Kier molecular flexibility index (Phi) is 4.49. The van der Waals surface area contributed by atoms with Crippen molar-refractivity contribution in [2.45, 2.75) is 44.9 Å². The zero-order valence-electron chi connectivity index (χ0n) is 16.3. The van der Waals surface area contributed by atoms with Gasteiger partial charge in [-0.2, -0.15) is 0 Å². The number of carbonyl (C=O) groups is 1. The summed E-state index contributed by atoms with van der Waals surface area (Å²) in [6, 6.07) is 3.16. The van der Waals surface area contributed by atoms with Gasteiger partial charge in [0.2, 0.25) is 5.82 Å². The summed E-state index contributed by atoms with van der Waals surface area (Å²) in [4.78, 5) is 26.7. The number of thiophene rings is 1. The van der Waals surface area contributed by atoms with Gasteiger partial charge in [0, 0.05) is 6.42 Å². The molecule has 0 radical (unpaired) electrons. The van der Waals surface area contributed by atoms with E-state index in [0.29, 0.717) is 39.9 Å². The minimum atomic E-state index is -1.08. The number of halogens is 1. The lowest BCUT2D eigenvalue weighted by atomic mass is 9.92. The minimum absolute atomic E-state index is 0.00191. The van der Waals surface area contributed by atoms with Crippen LogP contribution in [-0.4, -0.2) is 47.7 Å². The number of hydrogen-bond donors (Lipinski definition) is 2. The molecule has 0 amide bonds. The molecule has 5 atom stereocenters. The van der Waals surface area contributed by atoms with Gasteiger partial charge in [0.1, 0.15) is 17.4 Å². The van der Waals surface area contributed by atoms with Crippen LogP contribution < -0.4 is 0 Å². The second-order valence-electron chi connectivity index (χ2n) is 7.86. The molecule has 3 heterocycles. The van der Waals surface area contributed by atoms with Gasteiger partial charge in [0.15, 0.2) is 5.65 Å². The summed E-state index contributed by atoms with van der Waals surface area (Å²) in [7, 11) is 0. The zero-order valence-corrected chi connectivity index (χ0v) is 17.9. The molecule has 5 rings (SSSR count). The SMILES string of the molecule is CCC(=O)[C@@]12C[C@@H]1[C@@H](n1cnc3c(C)nc(C#Cc4ccc(Cl)s4)nc31)[C@@H](O)C2O. The fourth-order valence-corrected chi connectivity index (χ4v) is 5.70. The third-order valence-electron chi connectivity index (χ3n) is 6.30. The number of Topliss-reactive ketones (excluding diaryl/α,β-unsaturated/α-hetero) is 1. The number of rotatable bonds is 3. The number of aliphatic hydroxyl groups excluding tert-OH is 2. The molecule has 0 bridgehead atoms. The summed E-state index contributed by atoms with van der Waals surface area (Å²) in [5.41, 5.74) is 0.978. The lowest BCUT2D eigenvalue weighted by Crippen LogP contribution is -2.37. The highest BCUT2D eigenvalue weighted by Gasteiger charge is 2.74. The quantitative estimate of drug-likeness (QED) is 0.604. The van der Waals surface area contributed by atoms with Crippen LogP contribution in [-0.2, 0) is 4.79 Å². The fourth-order valence-electron chi connectivity index (χ4n) is 4.80. The van der Waals surface area contributed by atoms with E-state index in [4.69, 9.17) is 11.6 Å². The summed E-state index contributed by atoms with van der Waals surface area (Å²) < 4.78 is 2.43. The Hall–Kier alpha value is -2.31. The lowest BCUT2D eigenvalue weighted by Gasteiger charge is -2.23. The van der Waals surface area contributed by atoms with Crippen LogP contribution in [0.1, 0.15) is 42.2 Å². The monoisotopic (exact) mass is 442 g/mol. The van der Waals surface area contributed by atoms with Gasteiger partial charge in [-0.05, 0) is 43.2 Å². The van der Waals surface area contributed by atoms with Gasteiger partial charge in [0.25, 0.3) is 0 Å². The summed E-state index contributed by atoms with van der Waals surface area (Å²) in [6.07, 6.45) is 0.371. The van der Waals surface area contributed by atoms with E-state index in [2.05, 4.69) is 26.8 Å². The standard InChI is InChI=1S/C21H19ClN4O3S/c1-3-13(27)21-8-12(21)17(18(28)19(21)29)26-9-23-16-10(2)24-15(25-20(16)26)7-5-11-4-6-14(22)30-11/h4,6,9,12,17-19,28-29H,3,8H2,1-2H3/t12-,17-,18-,19?,21-/m1/s1. The van der Waals surface area contributed by atoms with Crippen molar-refractivity contribution >= 4 is 39.9 Å². The van der Waals surface area contributed by atoms with Crippen molar-refractivity contribution in [3.63, 3.8) is 0 Å². The molecule has 0 saturated heterocycles. The molecule has 0 spiro atoms. The van der Waals surface area contributed by atoms with Crippen LogP contribution in [0.15, 0.2) is 18.5 Å². The number of aliphatic hydroxyl groups is 2. The number of nitrogens with zero attached hydrogens (tertiary/aromatic N) is 4. The Morgan fingerprint density at radius 1 is 1.37 bits per heavy atom. The van der Waals surface area contributed by atoms with Gasteiger partial charge in [-0.1, -0.05) is 18.5 Å². The van der Waals surface area contributed by atoms with Crippen LogP contribution in [0.5, 0.6) is 0 Å². The van der Waals surface area contributed by atoms with Gasteiger partial charge in [-0.25, -0.2) is 15.0 Å². The molecule has 1 unspecified atom stereocenters. The predicted octanol–water partition coefficient (Wildman–Crippen LogP) is 2.51. The summed E-state index contributed by atoms with van der Waals surface area (Å²) in [5.74, 6) is 6.18. The Bertz CT molecular complexity index is 1240. The molecule has 3 aromatic rings. The van der Waals surface area contributed by atoms with Gasteiger partial charge in [-0.3, -0.25) is 4.79 Å². The second-order valence-corrected chi connectivity index (χ2v) is 9.58. The number of aryl methyl sites for hydroxylation is 1. The topological polar surface area (TPSA) is 101 Å². The first kappa shape index (κ1) is 19.6. The van der Waals surface area contributed by atoms with Gasteiger partial charge < -0.3 is 14.8 Å². The second kappa shape index (κ2) is 6.86. The van der Waals surface area contributed by atoms with E-state index >= 15 is 0 Å². The van der Waals surface area contributed by atoms with E-state index in [1.54, 1.807) is 23.9 Å². The van der Waals surface area contributed by atoms with Crippen LogP contribution >= 0.6 is 22.9 Å². The van der Waals surface area contributed by atoms with Gasteiger partial charge in [-0.15, -0.1) is 11.3 Å². The highest BCUT2D eigenvalue weighted by molar-refractivity contribution is 7.16. The minimum Gasteiger partial charge on any atom is -0.389 e. The molecule has 0 aromatic carbocycles. The van der Waals surface area contributed by atoms with Crippen molar-refractivity contribution in [2.75, 3.05) is 0 Å². The van der Waals surface area contributed by atoms with Gasteiger partial charge >= 0.3 is 0 Å². The number of imidazole rings is 1. The molecule has 2 N–H and O–H groups in total. The molecule has 2 saturated carbocycles. The molecule has 3 aromatic heterocycles. The van der Waals surface area contributed by atoms with Crippen molar-refractivity contribution in [3.8, 4) is 11.8 Å². The largest absolute Gasteiger partial charge is 0.389 e. The van der Waals surface area contributed by atoms with Crippen molar-refractivity contribution in [1.29, 1.82) is 0 Å². The smallest absolute Gasteiger partial charge is 0.207 e. The molecule has 7 nitrogen and oxygen atoms in total. The molecule has 30 heavy (non-hydrogen) atoms. The number of carbonyl (C=O) groups excluding carboxylic acids is 1. The van der Waals surface area contributed by atoms with Crippen molar-refractivity contribution in [3.05, 3.63) is 39.2 Å². The third-order valence-corrected chi connectivity index (χ3v) is 7.45. The Balaban J connectivity index is 1.56. The van der Waals surface area contributed by atoms with Crippen LogP contribution in [0.2, 0.25) is 4.34 Å². The number of aromatic nitrogens is 4. The van der Waals surface area contributed by atoms with Crippen LogP contribution in [0.25, 0.3) is 11.2 Å². The van der Waals surface area contributed by atoms with Crippen molar-refractivity contribution in [1.82, 2.24) is 19.5 Å². The van der Waals surface area contributed by atoms with E-state index in [1.165, 1.54) is 11.3 Å². The normalized spacial score (nSPS) is 29.5. The molecule has 154 valence electrons. The Morgan fingerprint density at radius 3 is 2.87 bits per heavy atom. The maximum absolute atomic E-state index is 12.5. The fraction of sp³-hybridized carbons (Fsp3) is 0.429. The van der Waals surface area contributed by atoms with Gasteiger partial charge in [0.05, 0.1) is 38.8 Å². The van der Waals surface area contributed by atoms with Crippen LogP contribution in [0.4, 0.5) is 0 Å². The molecule has 2 aliphatic carbocycles. The number of ketones is 1. The van der Waals surface area contributed by atoms with E-state index in [-0.39, 0.29) is 11.7 Å². The molecule has 2 fully saturated rings. The average molecular weight is 443 g/mol. The molecule has 2 aliphatic rings. The molecular formula is C21H19ClN4O3S. The highest BCUT2D eigenvalue weighted by Crippen LogP contribution is 2.68.